The van der Waals surface area contributed by atoms with Crippen molar-refractivity contribution in [1.29, 1.82) is 0 Å². The third-order valence-electron chi connectivity index (χ3n) is 2.74. The number of benzene rings is 1. The van der Waals surface area contributed by atoms with Crippen molar-refractivity contribution < 1.29 is 4.39 Å². The number of aryl methyl sites for hydroxylation is 1. The Labute approximate surface area is 114 Å². The lowest BCUT2D eigenvalue weighted by Gasteiger charge is -2.17. The van der Waals surface area contributed by atoms with E-state index in [0.717, 1.165) is 17.7 Å². The van der Waals surface area contributed by atoms with Gasteiger partial charge in [0.2, 0.25) is 0 Å². The minimum atomic E-state index is -0.250. The topological polar surface area (TPSA) is 29.9 Å². The Balaban J connectivity index is 2.37. The molecule has 0 aliphatic heterocycles. The summed E-state index contributed by atoms with van der Waals surface area (Å²) in [7, 11) is 1.88. The molecule has 1 aromatic heterocycles. The lowest BCUT2D eigenvalue weighted by molar-refractivity contribution is 0.608. The maximum Gasteiger partial charge on any atom is 0.137 e. The van der Waals surface area contributed by atoms with Gasteiger partial charge in [-0.05, 0) is 40.2 Å². The van der Waals surface area contributed by atoms with Crippen LogP contribution in [0, 0.1) is 5.82 Å². The molecule has 1 unspecified atom stereocenters. The third-order valence-corrected chi connectivity index (χ3v) is 3.35. The molecule has 0 bridgehead atoms. The lowest BCUT2D eigenvalue weighted by atomic mass is 10.0. The predicted octanol–water partition coefficient (Wildman–Crippen LogP) is 3.02. The van der Waals surface area contributed by atoms with Gasteiger partial charge in [-0.1, -0.05) is 13.0 Å². The van der Waals surface area contributed by atoms with Crippen LogP contribution in [0.5, 0.6) is 0 Å². The van der Waals surface area contributed by atoms with Crippen LogP contribution in [0.4, 0.5) is 4.39 Å². The number of rotatable bonds is 4. The van der Waals surface area contributed by atoms with Gasteiger partial charge in [-0.15, -0.1) is 0 Å². The zero-order chi connectivity index (χ0) is 13.1. The first kappa shape index (κ1) is 13.2. The molecule has 1 N–H and O–H groups in total. The fraction of sp³-hybridized carbons (Fsp3) is 0.308. The fourth-order valence-corrected chi connectivity index (χ4v) is 2.31. The van der Waals surface area contributed by atoms with E-state index in [9.17, 15) is 4.39 Å². The van der Waals surface area contributed by atoms with Crippen molar-refractivity contribution in [3.05, 3.63) is 52.0 Å². The summed E-state index contributed by atoms with van der Waals surface area (Å²) in [4.78, 5) is 0. The Morgan fingerprint density at radius 2 is 2.22 bits per heavy atom. The number of hydrogen-bond acceptors (Lipinski definition) is 2. The molecule has 2 rings (SSSR count). The summed E-state index contributed by atoms with van der Waals surface area (Å²) in [5.74, 6) is -0.250. The summed E-state index contributed by atoms with van der Waals surface area (Å²) in [6, 6.07) is 5.09. The molecule has 1 atom stereocenters. The second-order valence-electron chi connectivity index (χ2n) is 4.11. The van der Waals surface area contributed by atoms with Crippen molar-refractivity contribution >= 4 is 15.9 Å². The molecule has 0 radical (unpaired) electrons. The molecule has 3 nitrogen and oxygen atoms in total. The zero-order valence-corrected chi connectivity index (χ0v) is 11.9. The van der Waals surface area contributed by atoms with E-state index in [-0.39, 0.29) is 11.9 Å². The molecule has 0 amide bonds. The standard InChI is InChI=1S/C13H15BrFN3/c1-3-16-13(10-7-17-18(2)8-10)9-4-5-12(15)11(14)6-9/h4-8,13,16H,3H2,1-2H3. The molecule has 5 heteroatoms. The molecule has 96 valence electrons. The van der Waals surface area contributed by atoms with Gasteiger partial charge in [-0.25, -0.2) is 4.39 Å². The van der Waals surface area contributed by atoms with Crippen molar-refractivity contribution in [3.8, 4) is 0 Å². The normalized spacial score (nSPS) is 12.7. The Morgan fingerprint density at radius 1 is 1.44 bits per heavy atom. The second kappa shape index (κ2) is 5.63. The van der Waals surface area contributed by atoms with Crippen molar-refractivity contribution in [2.45, 2.75) is 13.0 Å². The first-order valence-corrected chi connectivity index (χ1v) is 6.58. The van der Waals surface area contributed by atoms with Crippen LogP contribution in [0.25, 0.3) is 0 Å². The molecular formula is C13H15BrFN3. The fourth-order valence-electron chi connectivity index (χ4n) is 1.91. The summed E-state index contributed by atoms with van der Waals surface area (Å²) in [5, 5.41) is 7.55. The molecular weight excluding hydrogens is 297 g/mol. The van der Waals surface area contributed by atoms with E-state index in [1.54, 1.807) is 16.8 Å². The van der Waals surface area contributed by atoms with Gasteiger partial charge in [0.05, 0.1) is 16.7 Å². The molecule has 1 aromatic carbocycles. The van der Waals surface area contributed by atoms with Gasteiger partial charge in [0.1, 0.15) is 5.82 Å². The summed E-state index contributed by atoms with van der Waals surface area (Å²) in [6.45, 7) is 2.87. The summed E-state index contributed by atoms with van der Waals surface area (Å²) >= 11 is 3.22. The lowest BCUT2D eigenvalue weighted by Crippen LogP contribution is -2.21. The average molecular weight is 312 g/mol. The highest BCUT2D eigenvalue weighted by Gasteiger charge is 2.15. The minimum Gasteiger partial charge on any atom is -0.306 e. The molecule has 0 saturated carbocycles. The smallest absolute Gasteiger partial charge is 0.137 e. The summed E-state index contributed by atoms with van der Waals surface area (Å²) < 4.78 is 15.5. The summed E-state index contributed by atoms with van der Waals surface area (Å²) in [5.41, 5.74) is 2.08. The van der Waals surface area contributed by atoms with E-state index in [1.807, 2.05) is 26.4 Å². The monoisotopic (exact) mass is 311 g/mol. The van der Waals surface area contributed by atoms with Crippen molar-refractivity contribution in [1.82, 2.24) is 15.1 Å². The van der Waals surface area contributed by atoms with E-state index < -0.39 is 0 Å². The number of aromatic nitrogens is 2. The van der Waals surface area contributed by atoms with Gasteiger partial charge in [-0.2, -0.15) is 5.10 Å². The molecule has 0 fully saturated rings. The highest BCUT2D eigenvalue weighted by molar-refractivity contribution is 9.10. The van der Waals surface area contributed by atoms with Crippen LogP contribution >= 0.6 is 15.9 Å². The van der Waals surface area contributed by atoms with E-state index >= 15 is 0 Å². The van der Waals surface area contributed by atoms with Crippen LogP contribution in [-0.4, -0.2) is 16.3 Å². The Kier molecular flexibility index (Phi) is 4.14. The van der Waals surface area contributed by atoms with Crippen LogP contribution in [0.2, 0.25) is 0 Å². The molecule has 1 heterocycles. The second-order valence-corrected chi connectivity index (χ2v) is 4.97. The Hall–Kier alpha value is -1.20. The van der Waals surface area contributed by atoms with Crippen LogP contribution in [0.3, 0.4) is 0 Å². The van der Waals surface area contributed by atoms with Gasteiger partial charge >= 0.3 is 0 Å². The zero-order valence-electron chi connectivity index (χ0n) is 10.3. The SMILES string of the molecule is CCNC(c1ccc(F)c(Br)c1)c1cnn(C)c1. The number of hydrogen-bond donors (Lipinski definition) is 1. The van der Waals surface area contributed by atoms with Gasteiger partial charge in [-0.3, -0.25) is 4.68 Å². The molecule has 0 aliphatic rings. The van der Waals surface area contributed by atoms with Gasteiger partial charge in [0.15, 0.2) is 0 Å². The van der Waals surface area contributed by atoms with Crippen LogP contribution in [-0.2, 0) is 7.05 Å². The van der Waals surface area contributed by atoms with Gasteiger partial charge in [0, 0.05) is 18.8 Å². The van der Waals surface area contributed by atoms with Gasteiger partial charge in [0.25, 0.3) is 0 Å². The van der Waals surface area contributed by atoms with Crippen molar-refractivity contribution in [3.63, 3.8) is 0 Å². The van der Waals surface area contributed by atoms with Gasteiger partial charge < -0.3 is 5.32 Å². The minimum absolute atomic E-state index is 0.0283. The average Bonchev–Trinajstić information content (AvgIpc) is 2.76. The largest absolute Gasteiger partial charge is 0.306 e. The number of halogens is 2. The maximum absolute atomic E-state index is 13.3. The molecule has 0 spiro atoms. The van der Waals surface area contributed by atoms with E-state index in [2.05, 4.69) is 26.3 Å². The first-order chi connectivity index (χ1) is 8.61. The Bertz CT molecular complexity index is 539. The predicted molar refractivity (Wildman–Crippen MR) is 72.8 cm³/mol. The molecule has 0 saturated heterocycles. The highest BCUT2D eigenvalue weighted by atomic mass is 79.9. The van der Waals surface area contributed by atoms with E-state index in [0.29, 0.717) is 4.47 Å². The Morgan fingerprint density at radius 3 is 2.78 bits per heavy atom. The molecule has 0 aliphatic carbocycles. The molecule has 18 heavy (non-hydrogen) atoms. The van der Waals surface area contributed by atoms with E-state index in [4.69, 9.17) is 0 Å². The van der Waals surface area contributed by atoms with Crippen molar-refractivity contribution in [2.75, 3.05) is 6.54 Å². The quantitative estimate of drug-likeness (QED) is 0.940. The van der Waals surface area contributed by atoms with Crippen LogP contribution in [0.1, 0.15) is 24.1 Å². The highest BCUT2D eigenvalue weighted by Crippen LogP contribution is 2.25. The third kappa shape index (κ3) is 2.79. The first-order valence-electron chi connectivity index (χ1n) is 5.78. The van der Waals surface area contributed by atoms with Crippen LogP contribution in [0.15, 0.2) is 35.1 Å². The summed E-state index contributed by atoms with van der Waals surface area (Å²) in [6.07, 6.45) is 3.79. The number of nitrogens with one attached hydrogen (secondary N) is 1. The van der Waals surface area contributed by atoms with Crippen LogP contribution < -0.4 is 5.32 Å². The molecule has 2 aromatic rings. The van der Waals surface area contributed by atoms with Crippen molar-refractivity contribution in [2.24, 2.45) is 7.05 Å². The van der Waals surface area contributed by atoms with E-state index in [1.165, 1.54) is 6.07 Å². The number of nitrogens with zero attached hydrogens (tertiary/aromatic N) is 2. The maximum atomic E-state index is 13.3.